The first-order valence-corrected chi connectivity index (χ1v) is 16.1. The first kappa shape index (κ1) is 33.7. The summed E-state index contributed by atoms with van der Waals surface area (Å²) in [6.07, 6.45) is 3.98. The molecule has 10 heteroatoms. The normalized spacial score (nSPS) is 17.2. The third-order valence-corrected chi connectivity index (χ3v) is 8.42. The third-order valence-electron chi connectivity index (χ3n) is 7.70. The number of hydrogen-bond acceptors (Lipinski definition) is 8. The van der Waals surface area contributed by atoms with Crippen molar-refractivity contribution < 1.29 is 28.8 Å². The number of hydrogen-bond donors (Lipinski definition) is 3. The Morgan fingerprint density at radius 2 is 1.72 bits per heavy atom. The van der Waals surface area contributed by atoms with Crippen LogP contribution in [0.4, 0.5) is 0 Å². The van der Waals surface area contributed by atoms with Gasteiger partial charge in [0.05, 0.1) is 20.8 Å². The summed E-state index contributed by atoms with van der Waals surface area (Å²) < 4.78 is 23.9. The number of nitrogens with zero attached hydrogens (tertiary/aromatic N) is 1. The summed E-state index contributed by atoms with van der Waals surface area (Å²) in [5, 5.41) is 9.08. The molecule has 3 N–H and O–H groups in total. The van der Waals surface area contributed by atoms with Gasteiger partial charge in [-0.15, -0.1) is 0 Å². The van der Waals surface area contributed by atoms with E-state index < -0.39 is 11.6 Å². The third kappa shape index (κ3) is 8.21. The van der Waals surface area contributed by atoms with Gasteiger partial charge in [-0.2, -0.15) is 0 Å². The highest BCUT2D eigenvalue weighted by molar-refractivity contribution is 9.10. The highest BCUT2D eigenvalue weighted by Gasteiger charge is 2.53. The quantitative estimate of drug-likeness (QED) is 0.0972. The van der Waals surface area contributed by atoms with Gasteiger partial charge in [-0.25, -0.2) is 10.4 Å². The number of nitrogens with one attached hydrogen (secondary N) is 2. The van der Waals surface area contributed by atoms with Crippen LogP contribution < -0.4 is 25.1 Å². The van der Waals surface area contributed by atoms with Crippen LogP contribution >= 0.6 is 15.9 Å². The van der Waals surface area contributed by atoms with Gasteiger partial charge in [0.15, 0.2) is 23.1 Å². The fourth-order valence-electron chi connectivity index (χ4n) is 5.24. The van der Waals surface area contributed by atoms with Crippen LogP contribution in [0.5, 0.6) is 17.2 Å². The number of aliphatic hydroxyl groups excluding tert-OH is 1. The maximum absolute atomic E-state index is 14.4. The van der Waals surface area contributed by atoms with E-state index in [2.05, 4.69) is 26.8 Å². The molecule has 1 amide bonds. The summed E-state index contributed by atoms with van der Waals surface area (Å²) in [6.45, 7) is 0.798. The Labute approximate surface area is 283 Å². The Bertz CT molecular complexity index is 1700. The zero-order chi connectivity index (χ0) is 33.1. The average Bonchev–Trinajstić information content (AvgIpc) is 3.49. The summed E-state index contributed by atoms with van der Waals surface area (Å²) in [7, 11) is 3.17. The SMILES string of the molecule is COc1ccc(CNNC(=O)[C@@]2(C/C=C/c3ccccc3)N=C(c3ccc(OCCCO)cc3)O[C@H]2c2ccccc2Br)cc1OC. The van der Waals surface area contributed by atoms with E-state index in [0.717, 1.165) is 21.2 Å². The number of ether oxygens (including phenoxy) is 4. The standard InChI is InChI=1S/C37H38BrN3O6/c1-44-32-20-15-27(24-33(32)45-2)25-39-41-36(43)37(21-8-12-26-10-4-3-5-11-26)34(30-13-6-7-14-31(30)38)47-35(40-37)28-16-18-29(19-17-28)46-23-9-22-42/h3-8,10-20,24,34,39,42H,9,21-23,25H2,1-2H3,(H,41,43)/b12-8+/t34-,37-/m0/s1. The molecule has 4 aromatic rings. The van der Waals surface area contributed by atoms with Crippen molar-refractivity contribution in [1.29, 1.82) is 0 Å². The van der Waals surface area contributed by atoms with E-state index in [1.165, 1.54) is 0 Å². The van der Waals surface area contributed by atoms with Gasteiger partial charge in [0.2, 0.25) is 5.90 Å². The first-order chi connectivity index (χ1) is 23.0. The number of halogens is 1. The number of methoxy groups -OCH3 is 2. The number of aliphatic hydroxyl groups is 1. The number of carbonyl (C=O) groups is 1. The molecule has 2 atom stereocenters. The Morgan fingerprint density at radius 1 is 0.979 bits per heavy atom. The van der Waals surface area contributed by atoms with Gasteiger partial charge in [0, 0.05) is 41.6 Å². The number of benzene rings is 4. The molecule has 9 nitrogen and oxygen atoms in total. The van der Waals surface area contributed by atoms with Crippen molar-refractivity contribution in [2.24, 2.45) is 4.99 Å². The molecule has 0 unspecified atom stereocenters. The molecule has 0 bridgehead atoms. The van der Waals surface area contributed by atoms with E-state index in [0.29, 0.717) is 48.3 Å². The molecular formula is C37H38BrN3O6. The second kappa shape index (κ2) is 16.3. The monoisotopic (exact) mass is 699 g/mol. The predicted octanol–water partition coefficient (Wildman–Crippen LogP) is 6.41. The van der Waals surface area contributed by atoms with Gasteiger partial charge < -0.3 is 24.1 Å². The Balaban J connectivity index is 1.48. The molecule has 47 heavy (non-hydrogen) atoms. The van der Waals surface area contributed by atoms with Crippen molar-refractivity contribution in [3.63, 3.8) is 0 Å². The van der Waals surface area contributed by atoms with Crippen LogP contribution in [-0.2, 0) is 16.1 Å². The molecule has 1 aliphatic rings. The Hall–Kier alpha value is -4.64. The largest absolute Gasteiger partial charge is 0.494 e. The Morgan fingerprint density at radius 3 is 2.45 bits per heavy atom. The van der Waals surface area contributed by atoms with Crippen molar-refractivity contribution in [2.45, 2.75) is 31.0 Å². The summed E-state index contributed by atoms with van der Waals surface area (Å²) in [5.74, 6) is 1.87. The molecule has 1 aliphatic heterocycles. The lowest BCUT2D eigenvalue weighted by atomic mass is 9.84. The molecule has 5 rings (SSSR count). The lowest BCUT2D eigenvalue weighted by molar-refractivity contribution is -0.129. The first-order valence-electron chi connectivity index (χ1n) is 15.3. The van der Waals surface area contributed by atoms with Crippen LogP contribution in [0.15, 0.2) is 113 Å². The minimum Gasteiger partial charge on any atom is -0.494 e. The molecule has 0 radical (unpaired) electrons. The van der Waals surface area contributed by atoms with Gasteiger partial charge in [0.1, 0.15) is 5.75 Å². The smallest absolute Gasteiger partial charge is 0.266 e. The zero-order valence-corrected chi connectivity index (χ0v) is 27.9. The van der Waals surface area contributed by atoms with Crippen LogP contribution in [0.2, 0.25) is 0 Å². The van der Waals surface area contributed by atoms with E-state index in [-0.39, 0.29) is 18.9 Å². The minimum atomic E-state index is -1.37. The van der Waals surface area contributed by atoms with Gasteiger partial charge in [-0.1, -0.05) is 82.7 Å². The molecule has 0 aromatic heterocycles. The van der Waals surface area contributed by atoms with E-state index in [4.69, 9.17) is 29.0 Å². The molecule has 0 saturated heterocycles. The number of aliphatic imine (C=N–C) groups is 1. The summed E-state index contributed by atoms with van der Waals surface area (Å²) >= 11 is 3.68. The summed E-state index contributed by atoms with van der Waals surface area (Å²) in [5.41, 5.74) is 8.02. The van der Waals surface area contributed by atoms with Crippen molar-refractivity contribution in [1.82, 2.24) is 10.9 Å². The van der Waals surface area contributed by atoms with E-state index >= 15 is 0 Å². The lowest BCUT2D eigenvalue weighted by Gasteiger charge is -2.30. The number of carbonyl (C=O) groups excluding carboxylic acids is 1. The van der Waals surface area contributed by atoms with Crippen LogP contribution in [0, 0.1) is 0 Å². The van der Waals surface area contributed by atoms with E-state index in [9.17, 15) is 4.79 Å². The molecule has 0 fully saturated rings. The zero-order valence-electron chi connectivity index (χ0n) is 26.3. The topological polar surface area (TPSA) is 111 Å². The summed E-state index contributed by atoms with van der Waals surface area (Å²) in [6, 6.07) is 30.5. The highest BCUT2D eigenvalue weighted by Crippen LogP contribution is 2.45. The van der Waals surface area contributed by atoms with Crippen molar-refractivity contribution in [2.75, 3.05) is 27.4 Å². The molecular weight excluding hydrogens is 662 g/mol. The number of rotatable bonds is 15. The fraction of sp³-hybridized carbons (Fsp3) is 0.243. The molecule has 0 spiro atoms. The van der Waals surface area contributed by atoms with Gasteiger partial charge in [-0.05, 0) is 53.6 Å². The molecule has 1 heterocycles. The van der Waals surface area contributed by atoms with Crippen molar-refractivity contribution >= 4 is 33.8 Å². The van der Waals surface area contributed by atoms with Gasteiger partial charge in [0.25, 0.3) is 5.91 Å². The van der Waals surface area contributed by atoms with Crippen LogP contribution in [0.25, 0.3) is 6.08 Å². The molecule has 244 valence electrons. The van der Waals surface area contributed by atoms with E-state index in [1.54, 1.807) is 14.2 Å². The Kier molecular flexibility index (Phi) is 11.7. The molecule has 4 aromatic carbocycles. The minimum absolute atomic E-state index is 0.0607. The maximum Gasteiger partial charge on any atom is 0.266 e. The molecule has 0 saturated carbocycles. The van der Waals surface area contributed by atoms with Crippen molar-refractivity contribution in [3.05, 3.63) is 130 Å². The average molecular weight is 701 g/mol. The highest BCUT2D eigenvalue weighted by atomic mass is 79.9. The van der Waals surface area contributed by atoms with Gasteiger partial charge >= 0.3 is 0 Å². The van der Waals surface area contributed by atoms with Crippen molar-refractivity contribution in [3.8, 4) is 17.2 Å². The van der Waals surface area contributed by atoms with Crippen LogP contribution in [-0.4, -0.2) is 49.9 Å². The van der Waals surface area contributed by atoms with E-state index in [1.807, 2.05) is 109 Å². The second-order valence-electron chi connectivity index (χ2n) is 10.8. The van der Waals surface area contributed by atoms with Crippen LogP contribution in [0.3, 0.4) is 0 Å². The maximum atomic E-state index is 14.4. The summed E-state index contributed by atoms with van der Waals surface area (Å²) in [4.78, 5) is 19.5. The molecule has 0 aliphatic carbocycles. The number of amides is 1. The van der Waals surface area contributed by atoms with Crippen LogP contribution in [0.1, 0.15) is 41.2 Å². The predicted molar refractivity (Wildman–Crippen MR) is 185 cm³/mol. The lowest BCUT2D eigenvalue weighted by Crippen LogP contribution is -2.52. The van der Waals surface area contributed by atoms with Gasteiger partial charge in [-0.3, -0.25) is 10.2 Å². The second-order valence-corrected chi connectivity index (χ2v) is 11.7. The number of hydrazine groups is 1. The fourth-order valence-corrected chi connectivity index (χ4v) is 5.74.